The van der Waals surface area contributed by atoms with Gasteiger partial charge in [0.2, 0.25) is 0 Å². The van der Waals surface area contributed by atoms with Crippen molar-refractivity contribution in [3.05, 3.63) is 42.4 Å². The maximum atomic E-state index is 11.4. The van der Waals surface area contributed by atoms with Gasteiger partial charge in [-0.25, -0.2) is 9.78 Å². The molecule has 0 saturated heterocycles. The lowest BCUT2D eigenvalue weighted by molar-refractivity contribution is 0.0594. The van der Waals surface area contributed by atoms with Crippen LogP contribution in [0.15, 0.2) is 41.6 Å². The number of nitrogens with one attached hydrogen (secondary N) is 1. The highest BCUT2D eigenvalue weighted by molar-refractivity contribution is 8.00. The van der Waals surface area contributed by atoms with Crippen LogP contribution in [0.5, 0.6) is 5.75 Å². The second-order valence-corrected chi connectivity index (χ2v) is 5.80. The number of esters is 1. The fraction of sp³-hybridized carbons (Fsp3) is 0.188. The van der Waals surface area contributed by atoms with Gasteiger partial charge >= 0.3 is 5.97 Å². The van der Waals surface area contributed by atoms with Crippen LogP contribution in [0.1, 0.15) is 10.5 Å². The first-order valence-electron chi connectivity index (χ1n) is 7.10. The highest BCUT2D eigenvalue weighted by Crippen LogP contribution is 2.35. The Hall–Kier alpha value is -2.74. The number of hydrogen-bond donors (Lipinski definition) is 1. The zero-order valence-electron chi connectivity index (χ0n) is 13.4. The van der Waals surface area contributed by atoms with Crippen molar-refractivity contribution in [1.29, 1.82) is 0 Å². The van der Waals surface area contributed by atoms with Crippen molar-refractivity contribution in [2.75, 3.05) is 18.9 Å². The molecule has 1 N–H and O–H groups in total. The number of ether oxygens (including phenoxy) is 2. The van der Waals surface area contributed by atoms with E-state index in [4.69, 9.17) is 4.74 Å². The standard InChI is InChI=1S/C16H16N4O3S/c1-20-15-10(8-18-20)4-7-13(22-2)14(15)19-24-11-5-6-12(17-9-11)16(21)23-3/h4-9,19H,1-3H3. The molecule has 8 heteroatoms. The number of fused-ring (bicyclic) bond motifs is 1. The smallest absolute Gasteiger partial charge is 0.356 e. The number of hydrogen-bond acceptors (Lipinski definition) is 7. The van der Waals surface area contributed by atoms with E-state index in [2.05, 4.69) is 19.5 Å². The molecule has 2 aromatic heterocycles. The van der Waals surface area contributed by atoms with Crippen LogP contribution in [0.2, 0.25) is 0 Å². The van der Waals surface area contributed by atoms with Gasteiger partial charge in [0.1, 0.15) is 17.1 Å². The molecule has 24 heavy (non-hydrogen) atoms. The van der Waals surface area contributed by atoms with Crippen LogP contribution in [0.3, 0.4) is 0 Å². The quantitative estimate of drug-likeness (QED) is 0.563. The van der Waals surface area contributed by atoms with E-state index >= 15 is 0 Å². The van der Waals surface area contributed by atoms with Gasteiger partial charge in [-0.05, 0) is 36.2 Å². The zero-order valence-corrected chi connectivity index (χ0v) is 14.3. The number of nitrogens with zero attached hydrogens (tertiary/aromatic N) is 3. The third-order valence-corrected chi connectivity index (χ3v) is 4.27. The van der Waals surface area contributed by atoms with E-state index < -0.39 is 5.97 Å². The van der Waals surface area contributed by atoms with Gasteiger partial charge in [0.25, 0.3) is 0 Å². The van der Waals surface area contributed by atoms with Crippen LogP contribution < -0.4 is 9.46 Å². The minimum Gasteiger partial charge on any atom is -0.494 e. The van der Waals surface area contributed by atoms with Crippen LogP contribution >= 0.6 is 11.9 Å². The number of carbonyl (C=O) groups is 1. The van der Waals surface area contributed by atoms with Crippen molar-refractivity contribution in [3.63, 3.8) is 0 Å². The first kappa shape index (κ1) is 16.1. The summed E-state index contributed by atoms with van der Waals surface area (Å²) in [4.78, 5) is 16.3. The highest BCUT2D eigenvalue weighted by atomic mass is 32.2. The Balaban J connectivity index is 1.85. The summed E-state index contributed by atoms with van der Waals surface area (Å²) in [5.41, 5.74) is 2.05. The van der Waals surface area contributed by atoms with E-state index in [0.29, 0.717) is 0 Å². The number of rotatable bonds is 5. The van der Waals surface area contributed by atoms with Gasteiger partial charge in [0.15, 0.2) is 0 Å². The average Bonchev–Trinajstić information content (AvgIpc) is 3.00. The molecule has 0 atom stereocenters. The molecule has 0 aliphatic heterocycles. The van der Waals surface area contributed by atoms with E-state index in [0.717, 1.165) is 27.2 Å². The van der Waals surface area contributed by atoms with E-state index in [1.165, 1.54) is 19.1 Å². The lowest BCUT2D eigenvalue weighted by atomic mass is 10.2. The Morgan fingerprint density at radius 3 is 2.71 bits per heavy atom. The lowest BCUT2D eigenvalue weighted by Crippen LogP contribution is -2.03. The summed E-state index contributed by atoms with van der Waals surface area (Å²) in [5.74, 6) is 0.263. The van der Waals surface area contributed by atoms with Crippen molar-refractivity contribution in [1.82, 2.24) is 14.8 Å². The van der Waals surface area contributed by atoms with Gasteiger partial charge in [-0.15, -0.1) is 0 Å². The maximum absolute atomic E-state index is 11.4. The number of benzene rings is 1. The summed E-state index contributed by atoms with van der Waals surface area (Å²) < 4.78 is 15.2. The Bertz CT molecular complexity index is 877. The molecule has 3 rings (SSSR count). The van der Waals surface area contributed by atoms with Gasteiger partial charge in [-0.3, -0.25) is 4.68 Å². The van der Waals surface area contributed by atoms with E-state index in [1.807, 2.05) is 19.2 Å². The lowest BCUT2D eigenvalue weighted by Gasteiger charge is -2.12. The third kappa shape index (κ3) is 3.00. The Morgan fingerprint density at radius 2 is 2.04 bits per heavy atom. The third-order valence-electron chi connectivity index (χ3n) is 3.49. The number of pyridine rings is 1. The topological polar surface area (TPSA) is 78.3 Å². The summed E-state index contributed by atoms with van der Waals surface area (Å²) in [6.45, 7) is 0. The SMILES string of the molecule is COC(=O)c1ccc(SNc2c(OC)ccc3cnn(C)c23)cn1. The number of anilines is 1. The summed E-state index contributed by atoms with van der Waals surface area (Å²) in [6, 6.07) is 7.28. The van der Waals surface area contributed by atoms with Crippen LogP contribution in [0, 0.1) is 0 Å². The van der Waals surface area contributed by atoms with Crippen molar-refractivity contribution < 1.29 is 14.3 Å². The van der Waals surface area contributed by atoms with Crippen LogP contribution in [-0.4, -0.2) is 35.0 Å². The van der Waals surface area contributed by atoms with Crippen molar-refractivity contribution in [2.24, 2.45) is 7.05 Å². The largest absolute Gasteiger partial charge is 0.494 e. The summed E-state index contributed by atoms with van der Waals surface area (Å²) in [5, 5.41) is 5.29. The second kappa shape index (κ2) is 6.79. The molecule has 0 saturated carbocycles. The molecule has 0 fully saturated rings. The summed E-state index contributed by atoms with van der Waals surface area (Å²) in [7, 11) is 4.83. The fourth-order valence-corrected chi connectivity index (χ4v) is 2.95. The van der Waals surface area contributed by atoms with Gasteiger partial charge < -0.3 is 14.2 Å². The number of carbonyl (C=O) groups excluding carboxylic acids is 1. The first-order valence-corrected chi connectivity index (χ1v) is 7.91. The number of methoxy groups -OCH3 is 2. The molecule has 7 nitrogen and oxygen atoms in total. The van der Waals surface area contributed by atoms with Gasteiger partial charge in [-0.1, -0.05) is 0 Å². The molecular weight excluding hydrogens is 328 g/mol. The number of aryl methyl sites for hydroxylation is 1. The highest BCUT2D eigenvalue weighted by Gasteiger charge is 2.13. The fourth-order valence-electron chi connectivity index (χ4n) is 2.29. The molecule has 0 bridgehead atoms. The molecule has 2 heterocycles. The van der Waals surface area contributed by atoms with Gasteiger partial charge in [-0.2, -0.15) is 5.10 Å². The van der Waals surface area contributed by atoms with Gasteiger partial charge in [0, 0.05) is 23.5 Å². The number of aromatic nitrogens is 3. The Kier molecular flexibility index (Phi) is 4.57. The van der Waals surface area contributed by atoms with Crippen LogP contribution in [0.4, 0.5) is 5.69 Å². The minimum absolute atomic E-state index is 0.271. The molecule has 0 spiro atoms. The molecule has 0 aliphatic carbocycles. The average molecular weight is 344 g/mol. The molecule has 0 unspecified atom stereocenters. The van der Waals surface area contributed by atoms with Crippen LogP contribution in [-0.2, 0) is 11.8 Å². The predicted octanol–water partition coefficient (Wildman–Crippen LogP) is 2.88. The minimum atomic E-state index is -0.458. The first-order chi connectivity index (χ1) is 11.6. The zero-order chi connectivity index (χ0) is 17.1. The Morgan fingerprint density at radius 1 is 1.21 bits per heavy atom. The van der Waals surface area contributed by atoms with E-state index in [-0.39, 0.29) is 5.69 Å². The molecule has 1 aromatic carbocycles. The normalized spacial score (nSPS) is 10.6. The summed E-state index contributed by atoms with van der Waals surface area (Å²) in [6.07, 6.45) is 3.41. The molecular formula is C16H16N4O3S. The molecule has 3 aromatic rings. The maximum Gasteiger partial charge on any atom is 0.356 e. The van der Waals surface area contributed by atoms with E-state index in [1.54, 1.807) is 36.3 Å². The molecule has 124 valence electrons. The van der Waals surface area contributed by atoms with E-state index in [9.17, 15) is 4.79 Å². The molecule has 0 aliphatic rings. The van der Waals surface area contributed by atoms with Crippen LogP contribution in [0.25, 0.3) is 10.9 Å². The Labute approximate surface area is 143 Å². The van der Waals surface area contributed by atoms with Crippen molar-refractivity contribution in [2.45, 2.75) is 4.90 Å². The monoisotopic (exact) mass is 344 g/mol. The predicted molar refractivity (Wildman–Crippen MR) is 92.3 cm³/mol. The summed E-state index contributed by atoms with van der Waals surface area (Å²) >= 11 is 1.37. The molecule has 0 amide bonds. The molecule has 0 radical (unpaired) electrons. The van der Waals surface area contributed by atoms with Crippen molar-refractivity contribution in [3.8, 4) is 5.75 Å². The second-order valence-electron chi connectivity index (χ2n) is 4.92. The van der Waals surface area contributed by atoms with Gasteiger partial charge in [0.05, 0.1) is 25.9 Å². The van der Waals surface area contributed by atoms with Crippen molar-refractivity contribution >= 4 is 34.5 Å².